The van der Waals surface area contributed by atoms with Gasteiger partial charge in [0.1, 0.15) is 6.17 Å². The Bertz CT molecular complexity index is 390. The standard InChI is InChI=1S/C9H12F3N5S/c10-9(11,12)18-6-3-1-5(2-4-6)7(13)8-14-16-17-15-8/h1-4,7-8,14-17H,13H2. The van der Waals surface area contributed by atoms with Crippen molar-refractivity contribution in [1.82, 2.24) is 21.9 Å². The molecule has 6 N–H and O–H groups in total. The number of alkyl halides is 3. The van der Waals surface area contributed by atoms with Gasteiger partial charge in [-0.3, -0.25) is 0 Å². The zero-order valence-corrected chi connectivity index (χ0v) is 9.90. The van der Waals surface area contributed by atoms with Crippen LogP contribution in [0.25, 0.3) is 0 Å². The summed E-state index contributed by atoms with van der Waals surface area (Å²) in [5.74, 6) is 0. The highest BCUT2D eigenvalue weighted by atomic mass is 32.2. The van der Waals surface area contributed by atoms with Crippen LogP contribution in [0.2, 0.25) is 0 Å². The summed E-state index contributed by atoms with van der Waals surface area (Å²) in [7, 11) is 0. The van der Waals surface area contributed by atoms with Crippen molar-refractivity contribution >= 4 is 11.8 Å². The van der Waals surface area contributed by atoms with E-state index in [9.17, 15) is 13.2 Å². The molecule has 5 nitrogen and oxygen atoms in total. The molecule has 1 heterocycles. The van der Waals surface area contributed by atoms with E-state index in [-0.39, 0.29) is 22.8 Å². The molecule has 0 saturated carbocycles. The highest BCUT2D eigenvalue weighted by Gasteiger charge is 2.29. The molecule has 1 saturated heterocycles. The Morgan fingerprint density at radius 3 is 2.17 bits per heavy atom. The number of hydrogen-bond donors (Lipinski definition) is 5. The van der Waals surface area contributed by atoms with Gasteiger partial charge in [0.2, 0.25) is 0 Å². The van der Waals surface area contributed by atoms with E-state index < -0.39 is 11.6 Å². The lowest BCUT2D eigenvalue weighted by Crippen LogP contribution is -2.43. The number of halogens is 3. The average Bonchev–Trinajstić information content (AvgIpc) is 2.80. The van der Waals surface area contributed by atoms with E-state index in [0.29, 0.717) is 0 Å². The second kappa shape index (κ2) is 5.43. The molecule has 1 aromatic carbocycles. The second-order valence-electron chi connectivity index (χ2n) is 3.66. The van der Waals surface area contributed by atoms with Crippen molar-refractivity contribution in [3.05, 3.63) is 29.8 Å². The fraction of sp³-hybridized carbons (Fsp3) is 0.333. The van der Waals surface area contributed by atoms with Crippen molar-refractivity contribution in [2.75, 3.05) is 0 Å². The smallest absolute Gasteiger partial charge is 0.321 e. The van der Waals surface area contributed by atoms with Crippen LogP contribution in [0, 0.1) is 0 Å². The third-order valence-electron chi connectivity index (χ3n) is 2.38. The van der Waals surface area contributed by atoms with Crippen LogP contribution >= 0.6 is 11.8 Å². The van der Waals surface area contributed by atoms with E-state index >= 15 is 0 Å². The lowest BCUT2D eigenvalue weighted by Gasteiger charge is -2.18. The van der Waals surface area contributed by atoms with Gasteiger partial charge in [-0.2, -0.15) is 24.2 Å². The molecule has 1 unspecified atom stereocenters. The Morgan fingerprint density at radius 1 is 1.11 bits per heavy atom. The largest absolute Gasteiger partial charge is 0.446 e. The maximum Gasteiger partial charge on any atom is 0.446 e. The molecule has 0 radical (unpaired) electrons. The normalized spacial score (nSPS) is 19.1. The van der Waals surface area contributed by atoms with E-state index in [1.807, 2.05) is 0 Å². The topological polar surface area (TPSA) is 74.1 Å². The molecule has 1 aromatic rings. The monoisotopic (exact) mass is 279 g/mol. The van der Waals surface area contributed by atoms with E-state index in [1.54, 1.807) is 12.1 Å². The summed E-state index contributed by atoms with van der Waals surface area (Å²) in [6.07, 6.45) is -0.244. The maximum atomic E-state index is 12.1. The molecule has 1 atom stereocenters. The first kappa shape index (κ1) is 13.6. The summed E-state index contributed by atoms with van der Waals surface area (Å²) >= 11 is -0.143. The van der Waals surface area contributed by atoms with E-state index in [0.717, 1.165) is 5.56 Å². The Morgan fingerprint density at radius 2 is 1.67 bits per heavy atom. The number of hydrazine groups is 3. The van der Waals surface area contributed by atoms with Crippen LogP contribution in [0.5, 0.6) is 0 Å². The van der Waals surface area contributed by atoms with Gasteiger partial charge in [-0.15, -0.1) is 0 Å². The van der Waals surface area contributed by atoms with Crippen molar-refractivity contribution in [3.63, 3.8) is 0 Å². The molecule has 2 rings (SSSR count). The van der Waals surface area contributed by atoms with Gasteiger partial charge in [0.15, 0.2) is 0 Å². The summed E-state index contributed by atoms with van der Waals surface area (Å²) in [6.45, 7) is 0. The molecule has 0 spiro atoms. The van der Waals surface area contributed by atoms with Gasteiger partial charge < -0.3 is 5.73 Å². The van der Waals surface area contributed by atoms with Gasteiger partial charge in [-0.05, 0) is 29.5 Å². The van der Waals surface area contributed by atoms with Gasteiger partial charge in [0.25, 0.3) is 0 Å². The fourth-order valence-electron chi connectivity index (χ4n) is 1.53. The molecule has 1 aliphatic rings. The maximum absolute atomic E-state index is 12.1. The minimum absolute atomic E-state index is 0.141. The van der Waals surface area contributed by atoms with E-state index in [4.69, 9.17) is 5.73 Å². The molecule has 9 heteroatoms. The number of thioether (sulfide) groups is 1. The van der Waals surface area contributed by atoms with E-state index in [2.05, 4.69) is 21.9 Å². The lowest BCUT2D eigenvalue weighted by atomic mass is 10.1. The molecule has 100 valence electrons. The number of benzene rings is 1. The first-order valence-corrected chi connectivity index (χ1v) is 5.90. The quantitative estimate of drug-likeness (QED) is 0.526. The van der Waals surface area contributed by atoms with Gasteiger partial charge >= 0.3 is 5.51 Å². The Hall–Kier alpha value is -0.840. The van der Waals surface area contributed by atoms with Crippen LogP contribution in [0.3, 0.4) is 0 Å². The van der Waals surface area contributed by atoms with Gasteiger partial charge in [0, 0.05) is 4.90 Å². The highest BCUT2D eigenvalue weighted by molar-refractivity contribution is 8.00. The summed E-state index contributed by atoms with van der Waals surface area (Å²) < 4.78 is 36.4. The summed E-state index contributed by atoms with van der Waals surface area (Å²) in [6, 6.07) is 5.59. The van der Waals surface area contributed by atoms with Crippen molar-refractivity contribution in [3.8, 4) is 0 Å². The molecule has 1 fully saturated rings. The SMILES string of the molecule is NC(c1ccc(SC(F)(F)F)cc1)C1NNNN1. The number of nitrogens with two attached hydrogens (primary N) is 1. The number of hydrogen-bond acceptors (Lipinski definition) is 6. The fourth-order valence-corrected chi connectivity index (χ4v) is 2.07. The first-order valence-electron chi connectivity index (χ1n) is 5.08. The Balaban J connectivity index is 2.02. The molecule has 18 heavy (non-hydrogen) atoms. The molecule has 0 aliphatic carbocycles. The van der Waals surface area contributed by atoms with Crippen molar-refractivity contribution < 1.29 is 13.2 Å². The molecular weight excluding hydrogens is 267 g/mol. The molecule has 0 aromatic heterocycles. The number of rotatable bonds is 3. The van der Waals surface area contributed by atoms with Crippen LogP contribution in [0.4, 0.5) is 13.2 Å². The first-order chi connectivity index (χ1) is 8.46. The van der Waals surface area contributed by atoms with Crippen molar-refractivity contribution in [2.45, 2.75) is 22.6 Å². The summed E-state index contributed by atoms with van der Waals surface area (Å²) in [4.78, 5) is 0.141. The van der Waals surface area contributed by atoms with Crippen LogP contribution in [-0.4, -0.2) is 11.7 Å². The predicted molar refractivity (Wildman–Crippen MR) is 61.6 cm³/mol. The van der Waals surface area contributed by atoms with Crippen molar-refractivity contribution in [1.29, 1.82) is 0 Å². The zero-order valence-electron chi connectivity index (χ0n) is 9.08. The van der Waals surface area contributed by atoms with Crippen molar-refractivity contribution in [2.24, 2.45) is 5.73 Å². The molecule has 0 amide bonds. The Labute approximate surface area is 106 Å². The van der Waals surface area contributed by atoms with Crippen LogP contribution in [-0.2, 0) is 0 Å². The minimum atomic E-state index is -4.27. The van der Waals surface area contributed by atoms with Crippen LogP contribution in [0.15, 0.2) is 29.2 Å². The third-order valence-corrected chi connectivity index (χ3v) is 3.11. The minimum Gasteiger partial charge on any atom is -0.321 e. The summed E-state index contributed by atoms with van der Waals surface area (Å²) in [5, 5.41) is 0. The highest BCUT2D eigenvalue weighted by Crippen LogP contribution is 2.36. The van der Waals surface area contributed by atoms with Gasteiger partial charge in [-0.1, -0.05) is 12.1 Å². The summed E-state index contributed by atoms with van der Waals surface area (Å²) in [5.41, 5.74) is 13.3. The molecular formula is C9H12F3N5S. The van der Waals surface area contributed by atoms with Gasteiger partial charge in [0.05, 0.1) is 6.04 Å². The molecule has 0 bridgehead atoms. The van der Waals surface area contributed by atoms with Crippen LogP contribution in [0.1, 0.15) is 11.6 Å². The van der Waals surface area contributed by atoms with Gasteiger partial charge in [-0.25, -0.2) is 10.9 Å². The second-order valence-corrected chi connectivity index (χ2v) is 4.80. The van der Waals surface area contributed by atoms with Crippen LogP contribution < -0.4 is 27.7 Å². The molecule has 1 aliphatic heterocycles. The Kier molecular flexibility index (Phi) is 4.10. The number of nitrogens with one attached hydrogen (secondary N) is 4. The third kappa shape index (κ3) is 3.57. The zero-order chi connectivity index (χ0) is 13.2. The lowest BCUT2D eigenvalue weighted by molar-refractivity contribution is -0.0328. The average molecular weight is 279 g/mol. The predicted octanol–water partition coefficient (Wildman–Crippen LogP) is 0.741. The van der Waals surface area contributed by atoms with E-state index in [1.165, 1.54) is 12.1 Å².